The second-order valence-electron chi connectivity index (χ2n) is 7.04. The van der Waals surface area contributed by atoms with Crippen LogP contribution >= 0.6 is 11.6 Å². The number of rotatable bonds is 4. The topological polar surface area (TPSA) is 130 Å². The maximum atomic E-state index is 12.5. The number of fused-ring (bicyclic) bond motifs is 1. The molecule has 2 aromatic heterocycles. The van der Waals surface area contributed by atoms with E-state index in [1.54, 1.807) is 24.3 Å². The van der Waals surface area contributed by atoms with Crippen LogP contribution in [-0.4, -0.2) is 25.0 Å². The van der Waals surface area contributed by atoms with Crippen molar-refractivity contribution in [2.75, 3.05) is 11.1 Å². The van der Waals surface area contributed by atoms with Crippen LogP contribution in [0, 0.1) is 11.8 Å². The number of anilines is 2. The first kappa shape index (κ1) is 21.3. The van der Waals surface area contributed by atoms with Crippen molar-refractivity contribution in [1.29, 1.82) is 0 Å². The number of nitrogen functional groups attached to an aromatic ring is 1. The molecule has 0 saturated heterocycles. The number of halogens is 1. The zero-order valence-electron chi connectivity index (χ0n) is 17.1. The molecule has 0 spiro atoms. The zero-order valence-corrected chi connectivity index (χ0v) is 17.8. The van der Waals surface area contributed by atoms with Crippen molar-refractivity contribution in [2.24, 2.45) is 0 Å². The Bertz CT molecular complexity index is 1420. The van der Waals surface area contributed by atoms with Gasteiger partial charge in [-0.05, 0) is 36.8 Å². The minimum absolute atomic E-state index is 0.0708. The van der Waals surface area contributed by atoms with Gasteiger partial charge in [-0.2, -0.15) is 0 Å². The Morgan fingerprint density at radius 3 is 2.84 bits per heavy atom. The number of aliphatic hydroxyl groups excluding tert-OH is 1. The van der Waals surface area contributed by atoms with Crippen LogP contribution < -0.4 is 16.6 Å². The fourth-order valence-electron chi connectivity index (χ4n) is 3.16. The molecule has 5 N–H and O–H groups in total. The molecule has 0 fully saturated rings. The van der Waals surface area contributed by atoms with Gasteiger partial charge >= 0.3 is 0 Å². The normalized spacial score (nSPS) is 11.6. The molecule has 9 heteroatoms. The van der Waals surface area contributed by atoms with Crippen LogP contribution in [0.3, 0.4) is 0 Å². The third-order valence-electron chi connectivity index (χ3n) is 4.78. The van der Waals surface area contributed by atoms with Gasteiger partial charge in [0.25, 0.3) is 5.56 Å². The largest absolute Gasteiger partial charge is 0.392 e. The zero-order chi connectivity index (χ0) is 22.7. The van der Waals surface area contributed by atoms with Gasteiger partial charge < -0.3 is 21.1 Å². The monoisotopic (exact) mass is 446 g/mol. The van der Waals surface area contributed by atoms with Crippen LogP contribution in [0.5, 0.6) is 0 Å². The van der Waals surface area contributed by atoms with Crippen molar-refractivity contribution in [3.8, 4) is 11.8 Å². The maximum absolute atomic E-state index is 12.5. The number of nitrogens with zero attached hydrogens (tertiary/aromatic N) is 3. The summed E-state index contributed by atoms with van der Waals surface area (Å²) in [4.78, 5) is 28.1. The van der Waals surface area contributed by atoms with E-state index < -0.39 is 6.04 Å². The Labute approximate surface area is 188 Å². The summed E-state index contributed by atoms with van der Waals surface area (Å²) in [6, 6.07) is 11.9. The van der Waals surface area contributed by atoms with Gasteiger partial charge in [-0.3, -0.25) is 4.79 Å². The number of hydrogen-bond donors (Lipinski definition) is 4. The van der Waals surface area contributed by atoms with Crippen molar-refractivity contribution in [2.45, 2.75) is 19.6 Å². The average molecular weight is 447 g/mol. The van der Waals surface area contributed by atoms with Crippen LogP contribution in [0.2, 0.25) is 5.02 Å². The lowest BCUT2D eigenvalue weighted by Crippen LogP contribution is -2.19. The third kappa shape index (κ3) is 4.39. The smallest absolute Gasteiger partial charge is 0.260 e. The number of hydrogen-bond acceptors (Lipinski definition) is 7. The van der Waals surface area contributed by atoms with Gasteiger partial charge in [-0.15, -0.1) is 0 Å². The summed E-state index contributed by atoms with van der Waals surface area (Å²) in [5.74, 6) is 7.06. The van der Waals surface area contributed by atoms with Crippen LogP contribution in [0.1, 0.15) is 35.5 Å². The van der Waals surface area contributed by atoms with E-state index in [0.29, 0.717) is 33.1 Å². The molecule has 2 heterocycles. The predicted molar refractivity (Wildman–Crippen MR) is 124 cm³/mol. The summed E-state index contributed by atoms with van der Waals surface area (Å²) in [5, 5.41) is 13.2. The van der Waals surface area contributed by atoms with Gasteiger partial charge in [0, 0.05) is 5.56 Å². The summed E-state index contributed by atoms with van der Waals surface area (Å²) in [5.41, 5.74) is 8.11. The Balaban J connectivity index is 1.67. The van der Waals surface area contributed by atoms with E-state index in [0.717, 1.165) is 11.1 Å². The second kappa shape index (κ2) is 9.06. The molecule has 0 saturated carbocycles. The molecular formula is C23H19ClN6O2. The lowest BCUT2D eigenvalue weighted by atomic mass is 10.1. The quantitative estimate of drug-likeness (QED) is 0.354. The second-order valence-corrected chi connectivity index (χ2v) is 7.45. The number of aromatic amines is 1. The first-order valence-electron chi connectivity index (χ1n) is 9.73. The van der Waals surface area contributed by atoms with E-state index in [1.807, 2.05) is 25.1 Å². The Kier molecular flexibility index (Phi) is 6.03. The molecule has 8 nitrogen and oxygen atoms in total. The molecule has 0 aliphatic carbocycles. The lowest BCUT2D eigenvalue weighted by molar-refractivity contribution is 0.282. The first-order chi connectivity index (χ1) is 15.5. The van der Waals surface area contributed by atoms with Crippen molar-refractivity contribution in [3.63, 3.8) is 0 Å². The third-order valence-corrected chi connectivity index (χ3v) is 5.10. The number of nitrogens with one attached hydrogen (secondary N) is 2. The highest BCUT2D eigenvalue weighted by Crippen LogP contribution is 2.23. The molecule has 1 unspecified atom stereocenters. The van der Waals surface area contributed by atoms with E-state index in [4.69, 9.17) is 17.3 Å². The molecule has 0 aliphatic rings. The molecule has 0 amide bonds. The molecule has 4 rings (SSSR count). The van der Waals surface area contributed by atoms with E-state index in [-0.39, 0.29) is 18.0 Å². The summed E-state index contributed by atoms with van der Waals surface area (Å²) in [6.45, 7) is 1.76. The number of aliphatic hydroxyl groups is 1. The molecule has 32 heavy (non-hydrogen) atoms. The highest BCUT2D eigenvalue weighted by atomic mass is 35.5. The van der Waals surface area contributed by atoms with E-state index in [1.165, 1.54) is 6.33 Å². The van der Waals surface area contributed by atoms with Crippen molar-refractivity contribution in [3.05, 3.63) is 86.7 Å². The minimum Gasteiger partial charge on any atom is -0.392 e. The highest BCUT2D eigenvalue weighted by molar-refractivity contribution is 6.35. The number of nitrogens with two attached hydrogens (primary N) is 1. The van der Waals surface area contributed by atoms with E-state index in [2.05, 4.69) is 37.1 Å². The van der Waals surface area contributed by atoms with E-state index >= 15 is 0 Å². The summed E-state index contributed by atoms with van der Waals surface area (Å²) >= 11 is 6.13. The van der Waals surface area contributed by atoms with Gasteiger partial charge in [0.2, 0.25) is 0 Å². The van der Waals surface area contributed by atoms with Crippen LogP contribution in [0.25, 0.3) is 10.9 Å². The summed E-state index contributed by atoms with van der Waals surface area (Å²) < 4.78 is 0. The summed E-state index contributed by atoms with van der Waals surface area (Å²) in [7, 11) is 0. The van der Waals surface area contributed by atoms with Gasteiger partial charge in [-0.1, -0.05) is 41.6 Å². The number of H-pyrrole nitrogens is 1. The fourth-order valence-corrected chi connectivity index (χ4v) is 3.42. The molecule has 2 aromatic carbocycles. The number of aromatic nitrogens is 4. The molecule has 0 bridgehead atoms. The van der Waals surface area contributed by atoms with Gasteiger partial charge in [0.1, 0.15) is 29.4 Å². The van der Waals surface area contributed by atoms with Gasteiger partial charge in [0.15, 0.2) is 0 Å². The lowest BCUT2D eigenvalue weighted by Gasteiger charge is -2.16. The average Bonchev–Trinajstić information content (AvgIpc) is 2.78. The predicted octanol–water partition coefficient (Wildman–Crippen LogP) is 3.01. The first-order valence-corrected chi connectivity index (χ1v) is 10.1. The maximum Gasteiger partial charge on any atom is 0.260 e. The highest BCUT2D eigenvalue weighted by Gasteiger charge is 2.15. The van der Waals surface area contributed by atoms with Crippen LogP contribution in [-0.2, 0) is 6.61 Å². The van der Waals surface area contributed by atoms with Gasteiger partial charge in [-0.25, -0.2) is 15.0 Å². The summed E-state index contributed by atoms with van der Waals surface area (Å²) in [6.07, 6.45) is 1.33. The fraction of sp³-hybridized carbons (Fsp3) is 0.130. The molecule has 1 atom stereocenters. The van der Waals surface area contributed by atoms with Gasteiger partial charge in [0.05, 0.1) is 28.6 Å². The Morgan fingerprint density at radius 1 is 1.22 bits per heavy atom. The van der Waals surface area contributed by atoms with Crippen LogP contribution in [0.4, 0.5) is 11.6 Å². The molecular weight excluding hydrogens is 428 g/mol. The molecule has 4 aromatic rings. The minimum atomic E-state index is -0.418. The molecule has 160 valence electrons. The molecule has 0 aliphatic heterocycles. The molecule has 0 radical (unpaired) electrons. The Hall–Kier alpha value is -3.93. The van der Waals surface area contributed by atoms with Crippen molar-refractivity contribution < 1.29 is 5.11 Å². The van der Waals surface area contributed by atoms with Crippen LogP contribution in [0.15, 0.2) is 53.6 Å². The Morgan fingerprint density at radius 2 is 2.03 bits per heavy atom. The van der Waals surface area contributed by atoms with Crippen molar-refractivity contribution >= 4 is 34.1 Å². The van der Waals surface area contributed by atoms with E-state index in [9.17, 15) is 9.90 Å². The standard InChI is InChI=1S/C23H19ClN6O2/c1-13(21-29-18-7-3-6-17(24)19(18)23(32)30-21)28-22-16(20(25)26-12-27-22)9-8-14-4-2-5-15(10-14)11-31/h2-7,10,12-13,31H,11H2,1H3,(H,29,30,32)(H3,25,26,27,28). The van der Waals surface area contributed by atoms with Crippen molar-refractivity contribution in [1.82, 2.24) is 19.9 Å². The number of benzene rings is 2. The SMILES string of the molecule is CC(Nc1ncnc(N)c1C#Cc1cccc(CO)c1)c1nc2cccc(Cl)c2c(=O)[nH]1.